The lowest BCUT2D eigenvalue weighted by Gasteiger charge is -2.41. The third kappa shape index (κ3) is 3.33. The Kier molecular flexibility index (Phi) is 4.35. The maximum Gasteiger partial charge on any atom is 0.298 e. The second kappa shape index (κ2) is 6.86. The van der Waals surface area contributed by atoms with Crippen molar-refractivity contribution in [2.24, 2.45) is 0 Å². The van der Waals surface area contributed by atoms with Crippen molar-refractivity contribution in [1.82, 2.24) is 15.3 Å². The van der Waals surface area contributed by atoms with E-state index in [1.807, 2.05) is 5.38 Å². The van der Waals surface area contributed by atoms with Gasteiger partial charge in [0.25, 0.3) is 6.01 Å². The molecule has 1 aromatic carbocycles. The highest BCUT2D eigenvalue weighted by Gasteiger charge is 2.32. The Morgan fingerprint density at radius 2 is 2.15 bits per heavy atom. The van der Waals surface area contributed by atoms with E-state index in [0.717, 1.165) is 23.7 Å². The predicted octanol–water partition coefficient (Wildman–Crippen LogP) is 2.49. The normalized spacial score (nSPS) is 23.5. The summed E-state index contributed by atoms with van der Waals surface area (Å²) < 4.78 is 30.7. The van der Waals surface area contributed by atoms with E-state index in [0.29, 0.717) is 34.9 Å². The first-order valence-electron chi connectivity index (χ1n) is 8.87. The van der Waals surface area contributed by atoms with Crippen LogP contribution in [0.3, 0.4) is 0 Å². The lowest BCUT2D eigenvalue weighted by molar-refractivity contribution is 0.276. The Labute approximate surface area is 162 Å². The summed E-state index contributed by atoms with van der Waals surface area (Å²) in [5, 5.41) is 6.29. The molecule has 2 saturated heterocycles. The topological polar surface area (TPSA) is 106 Å². The summed E-state index contributed by atoms with van der Waals surface area (Å²) in [6.07, 6.45) is 5.31. The van der Waals surface area contributed by atoms with Crippen molar-refractivity contribution in [1.29, 1.82) is 0 Å². The summed E-state index contributed by atoms with van der Waals surface area (Å²) in [6, 6.07) is 4.94. The van der Waals surface area contributed by atoms with E-state index in [1.54, 1.807) is 18.3 Å². The lowest BCUT2D eigenvalue weighted by atomic mass is 9.94. The van der Waals surface area contributed by atoms with Crippen molar-refractivity contribution < 1.29 is 13.2 Å². The molecule has 3 aromatic rings. The third-order valence-corrected chi connectivity index (χ3v) is 6.28. The van der Waals surface area contributed by atoms with Crippen LogP contribution in [0.1, 0.15) is 19.3 Å². The predicted molar refractivity (Wildman–Crippen MR) is 104 cm³/mol. The van der Waals surface area contributed by atoms with E-state index < -0.39 is 11.3 Å². The molecule has 3 unspecified atom stereocenters. The van der Waals surface area contributed by atoms with Crippen LogP contribution in [0.2, 0.25) is 0 Å². The summed E-state index contributed by atoms with van der Waals surface area (Å²) in [6.45, 7) is 1.73. The van der Waals surface area contributed by atoms with Gasteiger partial charge < -0.3 is 23.9 Å². The molecule has 10 heteroatoms. The largest absolute Gasteiger partial charge is 0.755 e. The van der Waals surface area contributed by atoms with Gasteiger partial charge in [-0.25, -0.2) is 4.98 Å². The van der Waals surface area contributed by atoms with Crippen LogP contribution in [-0.4, -0.2) is 43.9 Å². The molecule has 4 heterocycles. The summed E-state index contributed by atoms with van der Waals surface area (Å²) in [4.78, 5) is 11.2. The van der Waals surface area contributed by atoms with Gasteiger partial charge in [0.05, 0.1) is 5.56 Å². The van der Waals surface area contributed by atoms with Gasteiger partial charge in [-0.3, -0.25) is 4.21 Å². The van der Waals surface area contributed by atoms with Crippen molar-refractivity contribution in [3.8, 4) is 10.6 Å². The maximum absolute atomic E-state index is 11.1. The number of piperazine rings is 1. The molecule has 0 spiro atoms. The van der Waals surface area contributed by atoms with Gasteiger partial charge in [0, 0.05) is 53.7 Å². The fraction of sp³-hybridized carbons (Fsp3) is 0.412. The van der Waals surface area contributed by atoms with Crippen molar-refractivity contribution in [2.75, 3.05) is 22.7 Å². The molecule has 0 aliphatic carbocycles. The summed E-state index contributed by atoms with van der Waals surface area (Å²) in [5.41, 5.74) is 2.43. The van der Waals surface area contributed by atoms with Crippen molar-refractivity contribution in [3.05, 3.63) is 23.7 Å². The molecular formula is C17H18N5O3S2-. The Balaban J connectivity index is 1.57. The SMILES string of the molecule is O=S([O-])Nc1cc(-c2nccs2)c2oc(N3CC4CCCC(C3)N4)nc2c1. The first-order valence-corrected chi connectivity index (χ1v) is 10.8. The summed E-state index contributed by atoms with van der Waals surface area (Å²) in [5.74, 6) is 0. The number of nitrogens with one attached hydrogen (secondary N) is 2. The van der Waals surface area contributed by atoms with E-state index in [1.165, 1.54) is 30.6 Å². The van der Waals surface area contributed by atoms with Crippen LogP contribution in [0.4, 0.5) is 11.7 Å². The van der Waals surface area contributed by atoms with Gasteiger partial charge in [0.1, 0.15) is 10.5 Å². The van der Waals surface area contributed by atoms with E-state index in [2.05, 4.69) is 24.9 Å². The molecule has 3 atom stereocenters. The van der Waals surface area contributed by atoms with Gasteiger partial charge in [-0.2, -0.15) is 4.98 Å². The van der Waals surface area contributed by atoms with Crippen LogP contribution in [0.15, 0.2) is 28.1 Å². The average Bonchev–Trinajstić information content (AvgIpc) is 3.30. The molecule has 2 aliphatic rings. The van der Waals surface area contributed by atoms with Gasteiger partial charge in [0.15, 0.2) is 5.58 Å². The molecule has 0 radical (unpaired) electrons. The number of oxazole rings is 1. The number of piperidine rings is 1. The third-order valence-electron chi connectivity index (χ3n) is 5.07. The van der Waals surface area contributed by atoms with Gasteiger partial charge >= 0.3 is 0 Å². The highest BCUT2D eigenvalue weighted by atomic mass is 32.2. The number of aromatic nitrogens is 2. The molecule has 27 heavy (non-hydrogen) atoms. The van der Waals surface area contributed by atoms with Crippen LogP contribution in [-0.2, 0) is 11.3 Å². The number of fused-ring (bicyclic) bond motifs is 3. The Morgan fingerprint density at radius 1 is 1.33 bits per heavy atom. The second-order valence-electron chi connectivity index (χ2n) is 6.94. The molecule has 2 aromatic heterocycles. The number of thiazole rings is 1. The second-order valence-corrected chi connectivity index (χ2v) is 8.51. The molecule has 2 aliphatic heterocycles. The zero-order valence-electron chi connectivity index (χ0n) is 14.4. The standard InChI is InChI=1S/C17H19N5O3S2/c23-27(24)21-12-6-13(16-18-4-5-26-16)15-14(7-12)20-17(25-15)22-8-10-2-1-3-11(9-22)19-10/h4-7,10-11,19,21H,1-3,8-9H2,(H,23,24)/p-1. The van der Waals surface area contributed by atoms with E-state index in [-0.39, 0.29) is 0 Å². The van der Waals surface area contributed by atoms with Gasteiger partial charge in [-0.05, 0) is 25.0 Å². The number of rotatable bonds is 4. The highest BCUT2D eigenvalue weighted by Crippen LogP contribution is 2.36. The fourth-order valence-electron chi connectivity index (χ4n) is 3.99. The van der Waals surface area contributed by atoms with Crippen molar-refractivity contribution in [2.45, 2.75) is 31.3 Å². The van der Waals surface area contributed by atoms with E-state index in [4.69, 9.17) is 4.42 Å². The highest BCUT2D eigenvalue weighted by molar-refractivity contribution is 7.80. The van der Waals surface area contributed by atoms with Crippen molar-refractivity contribution >= 4 is 45.4 Å². The van der Waals surface area contributed by atoms with Crippen LogP contribution < -0.4 is 14.9 Å². The smallest absolute Gasteiger partial charge is 0.298 e. The summed E-state index contributed by atoms with van der Waals surface area (Å²) >= 11 is -0.937. The molecule has 0 saturated carbocycles. The van der Waals surface area contributed by atoms with Crippen LogP contribution in [0, 0.1) is 0 Å². The van der Waals surface area contributed by atoms with E-state index >= 15 is 0 Å². The minimum absolute atomic E-state index is 0.443. The first kappa shape index (κ1) is 17.1. The monoisotopic (exact) mass is 404 g/mol. The molecule has 142 valence electrons. The zero-order valence-corrected chi connectivity index (χ0v) is 16.0. The number of hydrogen-bond donors (Lipinski definition) is 2. The number of benzene rings is 1. The quantitative estimate of drug-likeness (QED) is 0.644. The van der Waals surface area contributed by atoms with Gasteiger partial charge in [-0.15, -0.1) is 11.3 Å². The molecular weight excluding hydrogens is 386 g/mol. The Hall–Kier alpha value is -2.01. The average molecular weight is 404 g/mol. The van der Waals surface area contributed by atoms with E-state index in [9.17, 15) is 8.76 Å². The zero-order chi connectivity index (χ0) is 18.4. The minimum Gasteiger partial charge on any atom is -0.755 e. The van der Waals surface area contributed by atoms with Gasteiger partial charge in [0.2, 0.25) is 0 Å². The summed E-state index contributed by atoms with van der Waals surface area (Å²) in [7, 11) is 0. The number of anilines is 2. The lowest BCUT2D eigenvalue weighted by Crippen LogP contribution is -2.58. The van der Waals surface area contributed by atoms with Gasteiger partial charge in [-0.1, -0.05) is 6.42 Å². The Bertz CT molecular complexity index is 978. The molecule has 0 amide bonds. The molecule has 2 N–H and O–H groups in total. The maximum atomic E-state index is 11.1. The molecule has 2 fully saturated rings. The number of nitrogens with zero attached hydrogens (tertiary/aromatic N) is 3. The van der Waals surface area contributed by atoms with Crippen LogP contribution >= 0.6 is 11.3 Å². The van der Waals surface area contributed by atoms with Crippen LogP contribution in [0.25, 0.3) is 21.7 Å². The number of hydrogen-bond acceptors (Lipinski definition) is 8. The molecule has 8 nitrogen and oxygen atoms in total. The molecule has 5 rings (SSSR count). The Morgan fingerprint density at radius 3 is 2.85 bits per heavy atom. The van der Waals surface area contributed by atoms with Crippen molar-refractivity contribution in [3.63, 3.8) is 0 Å². The van der Waals surface area contributed by atoms with Crippen LogP contribution in [0.5, 0.6) is 0 Å². The molecule has 2 bridgehead atoms. The first-order chi connectivity index (χ1) is 13.2. The fourth-order valence-corrected chi connectivity index (χ4v) is 4.95. The minimum atomic E-state index is -2.41.